The number of ether oxygens (including phenoxy) is 1. The quantitative estimate of drug-likeness (QED) is 0.582. The van der Waals surface area contributed by atoms with Crippen LogP contribution in [0.3, 0.4) is 0 Å². The largest absolute Gasteiger partial charge is 0.465 e. The van der Waals surface area contributed by atoms with Gasteiger partial charge in [0, 0.05) is 0 Å². The topological polar surface area (TPSA) is 111 Å². The van der Waals surface area contributed by atoms with Crippen molar-refractivity contribution in [3.8, 4) is 0 Å². The number of H-pyrrole nitrogens is 1. The van der Waals surface area contributed by atoms with Gasteiger partial charge in [-0.1, -0.05) is 5.16 Å². The maximum atomic E-state index is 11.0. The number of hydrogen-bond donors (Lipinski definition) is 2. The van der Waals surface area contributed by atoms with Crippen molar-refractivity contribution in [2.45, 2.75) is 13.0 Å². The van der Waals surface area contributed by atoms with E-state index in [9.17, 15) is 9.59 Å². The zero-order valence-electron chi connectivity index (χ0n) is 6.94. The Labute approximate surface area is 72.8 Å². The number of carbonyl (C=O) groups is 1. The number of aromatic nitrogens is 2. The molecular weight excluding hydrogens is 178 g/mol. The molecule has 1 aromatic heterocycles. The lowest BCUT2D eigenvalue weighted by molar-refractivity contribution is -0.145. The molecule has 1 rings (SSSR count). The van der Waals surface area contributed by atoms with E-state index in [1.807, 2.05) is 5.16 Å². The van der Waals surface area contributed by atoms with Crippen molar-refractivity contribution in [3.63, 3.8) is 0 Å². The fraction of sp³-hybridized carbons (Fsp3) is 0.500. The lowest BCUT2D eigenvalue weighted by Gasteiger charge is -2.04. The molecule has 0 spiro atoms. The maximum absolute atomic E-state index is 11.0. The van der Waals surface area contributed by atoms with Crippen molar-refractivity contribution >= 4 is 5.97 Å². The summed E-state index contributed by atoms with van der Waals surface area (Å²) in [6.45, 7) is 1.83. The Morgan fingerprint density at radius 2 is 2.54 bits per heavy atom. The lowest BCUT2D eigenvalue weighted by Crippen LogP contribution is -2.28. The van der Waals surface area contributed by atoms with Crippen molar-refractivity contribution in [2.75, 3.05) is 6.61 Å². The molecule has 0 aliphatic carbocycles. The highest BCUT2D eigenvalue weighted by molar-refractivity contribution is 5.76. The van der Waals surface area contributed by atoms with Crippen LogP contribution in [0.4, 0.5) is 0 Å². The lowest BCUT2D eigenvalue weighted by atomic mass is 10.2. The van der Waals surface area contributed by atoms with Crippen LogP contribution in [-0.2, 0) is 9.53 Å². The Hall–Kier alpha value is -1.63. The van der Waals surface area contributed by atoms with Crippen LogP contribution < -0.4 is 11.3 Å². The van der Waals surface area contributed by atoms with Crippen LogP contribution in [0.15, 0.2) is 9.42 Å². The van der Waals surface area contributed by atoms with E-state index in [4.69, 9.17) is 5.73 Å². The summed E-state index contributed by atoms with van der Waals surface area (Å²) in [6.07, 6.45) is 0. The molecule has 13 heavy (non-hydrogen) atoms. The first-order valence-electron chi connectivity index (χ1n) is 3.63. The molecule has 7 heteroatoms. The van der Waals surface area contributed by atoms with Crippen molar-refractivity contribution in [3.05, 3.63) is 16.0 Å². The zero-order chi connectivity index (χ0) is 9.84. The Balaban J connectivity index is 2.79. The average molecular weight is 187 g/mol. The summed E-state index contributed by atoms with van der Waals surface area (Å²) in [5.41, 5.74) is 4.55. The Kier molecular flexibility index (Phi) is 2.80. The second-order valence-electron chi connectivity index (χ2n) is 2.23. The van der Waals surface area contributed by atoms with Gasteiger partial charge in [0.05, 0.1) is 6.61 Å². The second-order valence-corrected chi connectivity index (χ2v) is 2.23. The summed E-state index contributed by atoms with van der Waals surface area (Å²) in [7, 11) is 0. The van der Waals surface area contributed by atoms with Crippen molar-refractivity contribution in [2.24, 2.45) is 5.73 Å². The SMILES string of the molecule is CCOC(=O)C(N)c1no[nH]c1=O. The van der Waals surface area contributed by atoms with Crippen LogP contribution in [-0.4, -0.2) is 22.9 Å². The Morgan fingerprint density at radius 3 is 3.00 bits per heavy atom. The molecule has 1 heterocycles. The molecule has 7 nitrogen and oxygen atoms in total. The van der Waals surface area contributed by atoms with E-state index >= 15 is 0 Å². The van der Waals surface area contributed by atoms with Crippen molar-refractivity contribution in [1.29, 1.82) is 0 Å². The van der Waals surface area contributed by atoms with Gasteiger partial charge in [-0.3, -0.25) is 9.42 Å². The number of nitrogens with two attached hydrogens (primary N) is 1. The molecule has 0 aromatic carbocycles. The van der Waals surface area contributed by atoms with Crippen LogP contribution in [0.25, 0.3) is 0 Å². The minimum Gasteiger partial charge on any atom is -0.465 e. The average Bonchev–Trinajstić information content (AvgIpc) is 2.50. The minimum absolute atomic E-state index is 0.182. The monoisotopic (exact) mass is 187 g/mol. The third kappa shape index (κ3) is 1.94. The molecule has 0 bridgehead atoms. The molecule has 0 saturated heterocycles. The number of carbonyl (C=O) groups excluding carboxylic acids is 1. The van der Waals surface area contributed by atoms with Gasteiger partial charge in [-0.05, 0) is 6.92 Å². The van der Waals surface area contributed by atoms with Gasteiger partial charge in [0.1, 0.15) is 0 Å². The number of rotatable bonds is 3. The minimum atomic E-state index is -1.19. The molecule has 0 radical (unpaired) electrons. The molecular formula is C6H9N3O4. The summed E-state index contributed by atoms with van der Waals surface area (Å²) in [4.78, 5) is 21.9. The van der Waals surface area contributed by atoms with Gasteiger partial charge in [-0.2, -0.15) is 5.16 Å². The fourth-order valence-electron chi connectivity index (χ4n) is 0.749. The van der Waals surface area contributed by atoms with Gasteiger partial charge in [0.15, 0.2) is 11.7 Å². The zero-order valence-corrected chi connectivity index (χ0v) is 6.94. The number of esters is 1. The number of nitrogens with one attached hydrogen (secondary N) is 1. The number of hydrogen-bond acceptors (Lipinski definition) is 6. The molecule has 1 aromatic rings. The van der Waals surface area contributed by atoms with Crippen LogP contribution in [0.1, 0.15) is 18.7 Å². The first kappa shape index (κ1) is 9.46. The van der Waals surface area contributed by atoms with Gasteiger partial charge in [-0.25, -0.2) is 4.79 Å². The number of nitrogens with zero attached hydrogens (tertiary/aromatic N) is 1. The molecule has 1 unspecified atom stereocenters. The highest BCUT2D eigenvalue weighted by Gasteiger charge is 2.23. The first-order valence-corrected chi connectivity index (χ1v) is 3.63. The van der Waals surface area contributed by atoms with E-state index < -0.39 is 17.6 Å². The van der Waals surface area contributed by atoms with Crippen molar-refractivity contribution in [1.82, 2.24) is 10.3 Å². The smallest absolute Gasteiger partial charge is 0.329 e. The Bertz CT molecular complexity index is 342. The molecule has 0 fully saturated rings. The van der Waals surface area contributed by atoms with E-state index in [2.05, 4.69) is 14.5 Å². The summed E-state index contributed by atoms with van der Waals surface area (Å²) < 4.78 is 8.80. The number of aromatic amines is 1. The standard InChI is InChI=1S/C6H9N3O4/c1-2-12-6(11)3(7)4-5(10)9-13-8-4/h3H,2,7H2,1H3,(H,9,10). The summed E-state index contributed by atoms with van der Waals surface area (Å²) in [6, 6.07) is -1.19. The molecule has 3 N–H and O–H groups in total. The van der Waals surface area contributed by atoms with Gasteiger partial charge in [-0.15, -0.1) is 0 Å². The molecule has 0 amide bonds. The van der Waals surface area contributed by atoms with Crippen LogP contribution >= 0.6 is 0 Å². The second kappa shape index (κ2) is 3.85. The maximum Gasteiger partial charge on any atom is 0.329 e. The Morgan fingerprint density at radius 1 is 1.85 bits per heavy atom. The first-order chi connectivity index (χ1) is 6.16. The third-order valence-corrected chi connectivity index (χ3v) is 1.35. The third-order valence-electron chi connectivity index (χ3n) is 1.35. The van der Waals surface area contributed by atoms with Crippen molar-refractivity contribution < 1.29 is 14.2 Å². The van der Waals surface area contributed by atoms with Gasteiger partial charge < -0.3 is 10.5 Å². The van der Waals surface area contributed by atoms with E-state index in [-0.39, 0.29) is 12.3 Å². The normalized spacial score (nSPS) is 12.5. The molecule has 0 aliphatic rings. The molecule has 72 valence electrons. The van der Waals surface area contributed by atoms with Gasteiger partial charge in [0.25, 0.3) is 0 Å². The highest BCUT2D eigenvalue weighted by atomic mass is 16.6. The molecule has 0 saturated carbocycles. The van der Waals surface area contributed by atoms with Crippen LogP contribution in [0, 0.1) is 0 Å². The van der Waals surface area contributed by atoms with E-state index in [0.717, 1.165) is 0 Å². The van der Waals surface area contributed by atoms with Crippen LogP contribution in [0.5, 0.6) is 0 Å². The van der Waals surface area contributed by atoms with Gasteiger partial charge >= 0.3 is 11.5 Å². The van der Waals surface area contributed by atoms with E-state index in [1.165, 1.54) is 0 Å². The molecule has 0 aliphatic heterocycles. The fourth-order valence-corrected chi connectivity index (χ4v) is 0.749. The summed E-state index contributed by atoms with van der Waals surface area (Å²) >= 11 is 0. The predicted octanol–water partition coefficient (Wildman–Crippen LogP) is -1.07. The summed E-state index contributed by atoms with van der Waals surface area (Å²) in [5, 5.41) is 5.17. The predicted molar refractivity (Wildman–Crippen MR) is 40.7 cm³/mol. The van der Waals surface area contributed by atoms with Crippen LogP contribution in [0.2, 0.25) is 0 Å². The van der Waals surface area contributed by atoms with E-state index in [1.54, 1.807) is 6.92 Å². The molecule has 1 atom stereocenters. The summed E-state index contributed by atoms with van der Waals surface area (Å²) in [5.74, 6) is -0.707. The van der Waals surface area contributed by atoms with Gasteiger partial charge in [0.2, 0.25) is 0 Å². The highest BCUT2D eigenvalue weighted by Crippen LogP contribution is 2.02. The van der Waals surface area contributed by atoms with E-state index in [0.29, 0.717) is 0 Å².